The summed E-state index contributed by atoms with van der Waals surface area (Å²) >= 11 is 6.76. The fourth-order valence-corrected chi connectivity index (χ4v) is 4.87. The van der Waals surface area contributed by atoms with Gasteiger partial charge >= 0.3 is 5.97 Å². The third-order valence-electron chi connectivity index (χ3n) is 6.29. The number of methoxy groups -OCH3 is 1. The molecule has 1 aromatic carbocycles. The Kier molecular flexibility index (Phi) is 9.14. The van der Waals surface area contributed by atoms with Gasteiger partial charge in [-0.2, -0.15) is 0 Å². The lowest BCUT2D eigenvalue weighted by Crippen LogP contribution is -2.45. The van der Waals surface area contributed by atoms with Crippen molar-refractivity contribution in [3.63, 3.8) is 0 Å². The average molecular weight is 462 g/mol. The first-order valence-corrected chi connectivity index (χ1v) is 12.2. The van der Waals surface area contributed by atoms with Crippen molar-refractivity contribution in [3.8, 4) is 11.4 Å². The lowest BCUT2D eigenvalue weighted by atomic mass is 9.97. The minimum Gasteiger partial charge on any atom is -0.465 e. The molecule has 32 heavy (non-hydrogen) atoms. The van der Waals surface area contributed by atoms with Crippen molar-refractivity contribution in [1.82, 2.24) is 14.5 Å². The number of esters is 1. The zero-order valence-electron chi connectivity index (χ0n) is 19.8. The van der Waals surface area contributed by atoms with E-state index in [1.807, 2.05) is 6.92 Å². The molecule has 1 atom stereocenters. The van der Waals surface area contributed by atoms with Gasteiger partial charge in [0.1, 0.15) is 11.9 Å². The van der Waals surface area contributed by atoms with Crippen LogP contribution in [0, 0.1) is 0 Å². The van der Waals surface area contributed by atoms with Crippen LogP contribution < -0.4 is 0 Å². The van der Waals surface area contributed by atoms with E-state index in [-0.39, 0.29) is 12.0 Å². The smallest absolute Gasteiger partial charge is 0.323 e. The normalized spacial score (nSPS) is 17.0. The minimum atomic E-state index is -0.233. The van der Waals surface area contributed by atoms with E-state index in [1.54, 1.807) is 7.11 Å². The van der Waals surface area contributed by atoms with E-state index < -0.39 is 0 Å². The molecule has 1 saturated heterocycles. The third kappa shape index (κ3) is 5.36. The van der Waals surface area contributed by atoms with Crippen LogP contribution in [0.15, 0.2) is 18.2 Å². The summed E-state index contributed by atoms with van der Waals surface area (Å²) in [5.41, 5.74) is 4.63. The highest BCUT2D eigenvalue weighted by molar-refractivity contribution is 6.30. The number of aromatic nitrogens is 2. The molecule has 0 amide bonds. The molecule has 176 valence electrons. The van der Waals surface area contributed by atoms with E-state index in [4.69, 9.17) is 26.1 Å². The maximum atomic E-state index is 12.6. The number of nitrogens with zero attached hydrogens (tertiary/aromatic N) is 3. The van der Waals surface area contributed by atoms with Crippen molar-refractivity contribution in [2.45, 2.75) is 72.0 Å². The number of carbonyl (C=O) groups is 1. The lowest BCUT2D eigenvalue weighted by molar-refractivity contribution is -0.151. The molecule has 0 N–H and O–H groups in total. The summed E-state index contributed by atoms with van der Waals surface area (Å²) in [5, 5.41) is 0.497. The quantitative estimate of drug-likeness (QED) is 0.471. The van der Waals surface area contributed by atoms with Crippen molar-refractivity contribution in [2.24, 2.45) is 0 Å². The Balaban J connectivity index is 2.04. The first-order valence-electron chi connectivity index (χ1n) is 11.8. The summed E-state index contributed by atoms with van der Waals surface area (Å²) in [6, 6.07) is 6.21. The Morgan fingerprint density at radius 2 is 1.91 bits per heavy atom. The molecule has 1 aliphatic rings. The molecule has 0 saturated carbocycles. The predicted molar refractivity (Wildman–Crippen MR) is 128 cm³/mol. The van der Waals surface area contributed by atoms with E-state index in [9.17, 15) is 4.79 Å². The number of likely N-dealkylation sites (tertiary alicyclic amines) is 1. The van der Waals surface area contributed by atoms with Gasteiger partial charge in [-0.05, 0) is 50.3 Å². The number of benzene rings is 1. The standard InChI is InChI=1S/C25H36ClN3O3/c1-5-18-11-10-12-19(6-2)22(18)24-27-23(26)21(29(24)15-16-31-4)17-28-14-9-8-13-20(28)25(30)32-7-3/h10-12,20H,5-9,13-17H2,1-4H3. The van der Waals surface area contributed by atoms with Crippen molar-refractivity contribution in [1.29, 1.82) is 0 Å². The highest BCUT2D eigenvalue weighted by atomic mass is 35.5. The zero-order chi connectivity index (χ0) is 23.1. The number of ether oxygens (including phenoxy) is 2. The minimum absolute atomic E-state index is 0.142. The van der Waals surface area contributed by atoms with Crippen molar-refractivity contribution in [2.75, 3.05) is 26.9 Å². The number of carbonyl (C=O) groups excluding carboxylic acids is 1. The van der Waals surface area contributed by atoms with Crippen LogP contribution >= 0.6 is 11.6 Å². The largest absolute Gasteiger partial charge is 0.465 e. The molecule has 1 aliphatic heterocycles. The molecule has 0 spiro atoms. The number of hydrogen-bond donors (Lipinski definition) is 0. The summed E-state index contributed by atoms with van der Waals surface area (Å²) in [5.74, 6) is 0.747. The van der Waals surface area contributed by atoms with E-state index in [2.05, 4.69) is 41.5 Å². The highest BCUT2D eigenvalue weighted by Crippen LogP contribution is 2.33. The summed E-state index contributed by atoms with van der Waals surface area (Å²) < 4.78 is 13.0. The molecular formula is C25H36ClN3O3. The van der Waals surface area contributed by atoms with Gasteiger partial charge in [-0.15, -0.1) is 0 Å². The lowest BCUT2D eigenvalue weighted by Gasteiger charge is -2.34. The fourth-order valence-electron chi connectivity index (χ4n) is 4.63. The zero-order valence-corrected chi connectivity index (χ0v) is 20.6. The number of rotatable bonds is 10. The predicted octanol–water partition coefficient (Wildman–Crippen LogP) is 4.89. The maximum Gasteiger partial charge on any atom is 0.323 e. The Morgan fingerprint density at radius 1 is 1.19 bits per heavy atom. The first-order chi connectivity index (χ1) is 15.5. The van der Waals surface area contributed by atoms with Crippen LogP contribution in [0.4, 0.5) is 0 Å². The van der Waals surface area contributed by atoms with Crippen LogP contribution in [0.1, 0.15) is 56.9 Å². The van der Waals surface area contributed by atoms with Crippen molar-refractivity contribution < 1.29 is 14.3 Å². The van der Waals surface area contributed by atoms with Gasteiger partial charge in [0.15, 0.2) is 5.15 Å². The Hall–Kier alpha value is -1.89. The fraction of sp³-hybridized carbons (Fsp3) is 0.600. The van der Waals surface area contributed by atoms with E-state index in [1.165, 1.54) is 16.7 Å². The second-order valence-electron chi connectivity index (χ2n) is 8.21. The molecule has 1 fully saturated rings. The number of imidazole rings is 1. The van der Waals surface area contributed by atoms with Crippen LogP contribution in [-0.4, -0.2) is 53.3 Å². The van der Waals surface area contributed by atoms with Gasteiger partial charge in [-0.3, -0.25) is 9.69 Å². The van der Waals surface area contributed by atoms with Gasteiger partial charge in [0.25, 0.3) is 0 Å². The van der Waals surface area contributed by atoms with E-state index >= 15 is 0 Å². The molecule has 3 rings (SSSR count). The topological polar surface area (TPSA) is 56.6 Å². The van der Waals surface area contributed by atoms with Crippen LogP contribution in [0.25, 0.3) is 11.4 Å². The number of aryl methyl sites for hydroxylation is 2. The Bertz CT molecular complexity index is 890. The van der Waals surface area contributed by atoms with Crippen molar-refractivity contribution in [3.05, 3.63) is 40.2 Å². The molecule has 0 radical (unpaired) electrons. The van der Waals surface area contributed by atoms with Crippen LogP contribution in [0.5, 0.6) is 0 Å². The molecule has 2 aromatic rings. The van der Waals surface area contributed by atoms with Gasteiger partial charge in [0.2, 0.25) is 0 Å². The van der Waals surface area contributed by atoms with Gasteiger partial charge in [-0.25, -0.2) is 4.98 Å². The third-order valence-corrected chi connectivity index (χ3v) is 6.59. The van der Waals surface area contributed by atoms with Gasteiger partial charge in [-0.1, -0.05) is 50.1 Å². The Labute approximate surface area is 196 Å². The summed E-state index contributed by atoms with van der Waals surface area (Å²) in [4.78, 5) is 19.6. The first kappa shape index (κ1) is 24.7. The number of halogens is 1. The van der Waals surface area contributed by atoms with Gasteiger partial charge < -0.3 is 14.0 Å². The SMILES string of the molecule is CCOC(=O)C1CCCCN1Cc1c(Cl)nc(-c2c(CC)cccc2CC)n1CCOC. The molecule has 0 aliphatic carbocycles. The van der Waals surface area contributed by atoms with Crippen LogP contribution in [-0.2, 0) is 40.2 Å². The molecule has 1 aromatic heterocycles. The molecular weight excluding hydrogens is 426 g/mol. The maximum absolute atomic E-state index is 12.6. The summed E-state index contributed by atoms with van der Waals surface area (Å²) in [6.45, 7) is 9.20. The molecule has 1 unspecified atom stereocenters. The van der Waals surface area contributed by atoms with E-state index in [0.717, 1.165) is 50.2 Å². The summed E-state index contributed by atoms with van der Waals surface area (Å²) in [6.07, 6.45) is 4.75. The monoisotopic (exact) mass is 461 g/mol. The Morgan fingerprint density at radius 3 is 2.53 bits per heavy atom. The molecule has 7 heteroatoms. The van der Waals surface area contributed by atoms with Crippen molar-refractivity contribution >= 4 is 17.6 Å². The number of hydrogen-bond acceptors (Lipinski definition) is 5. The summed E-state index contributed by atoms with van der Waals surface area (Å²) in [7, 11) is 1.71. The van der Waals surface area contributed by atoms with Gasteiger partial charge in [0, 0.05) is 25.8 Å². The molecule has 0 bridgehead atoms. The van der Waals surface area contributed by atoms with Gasteiger partial charge in [0.05, 0.1) is 18.9 Å². The number of piperidine rings is 1. The molecule has 6 nitrogen and oxygen atoms in total. The highest BCUT2D eigenvalue weighted by Gasteiger charge is 2.32. The average Bonchev–Trinajstić information content (AvgIpc) is 3.12. The second kappa shape index (κ2) is 11.8. The van der Waals surface area contributed by atoms with Crippen LogP contribution in [0.2, 0.25) is 5.15 Å². The van der Waals surface area contributed by atoms with E-state index in [0.29, 0.717) is 31.5 Å². The molecule has 2 heterocycles. The van der Waals surface area contributed by atoms with Crippen LogP contribution in [0.3, 0.4) is 0 Å². The second-order valence-corrected chi connectivity index (χ2v) is 8.57.